The number of carbonyl (C=O) groups excluding carboxylic acids is 3. The van der Waals surface area contributed by atoms with Crippen molar-refractivity contribution in [2.75, 3.05) is 13.2 Å². The van der Waals surface area contributed by atoms with Crippen LogP contribution in [0.5, 0.6) is 0 Å². The van der Waals surface area contributed by atoms with Crippen molar-refractivity contribution in [2.45, 2.75) is 33.4 Å². The van der Waals surface area contributed by atoms with Gasteiger partial charge in [0.05, 0.1) is 6.42 Å². The Hall–Kier alpha value is -3.36. The van der Waals surface area contributed by atoms with Crippen LogP contribution in [0.4, 0.5) is 0 Å². The lowest BCUT2D eigenvalue weighted by Crippen LogP contribution is -2.62. The second-order valence-electron chi connectivity index (χ2n) is 8.18. The summed E-state index contributed by atoms with van der Waals surface area (Å²) in [7, 11) is 0. The number of nitrogens with one attached hydrogen (secondary N) is 1. The molecule has 3 rings (SSSR count). The summed E-state index contributed by atoms with van der Waals surface area (Å²) >= 11 is 0. The standard InChI is InChI=1S/C21H24N2O7/c1-21(2,3)17-16(20(27)28)23-18(26)13(19(23)30-17)10-22-14(24)11-29-15(25)9-12-7-5-4-6-8-12/h4-8,13,19H,9-11H2,1-3H3,(H,22,24)(H,27,28)/t13-,19+/m0/s1. The molecule has 9 heteroatoms. The fourth-order valence-corrected chi connectivity index (χ4v) is 3.34. The molecule has 2 aliphatic heterocycles. The van der Waals surface area contributed by atoms with Gasteiger partial charge in [-0.25, -0.2) is 4.79 Å². The van der Waals surface area contributed by atoms with E-state index < -0.39 is 47.9 Å². The van der Waals surface area contributed by atoms with Gasteiger partial charge in [-0.1, -0.05) is 51.1 Å². The highest BCUT2D eigenvalue weighted by Gasteiger charge is 2.58. The van der Waals surface area contributed by atoms with Gasteiger partial charge >= 0.3 is 11.9 Å². The number of amides is 2. The number of hydrogen-bond acceptors (Lipinski definition) is 6. The molecule has 0 spiro atoms. The number of carbonyl (C=O) groups is 4. The van der Waals surface area contributed by atoms with Crippen LogP contribution in [-0.2, 0) is 35.1 Å². The van der Waals surface area contributed by atoms with Crippen LogP contribution >= 0.6 is 0 Å². The summed E-state index contributed by atoms with van der Waals surface area (Å²) in [5, 5.41) is 12.0. The minimum Gasteiger partial charge on any atom is -0.476 e. The van der Waals surface area contributed by atoms with Crippen LogP contribution in [-0.4, -0.2) is 53.1 Å². The molecule has 2 N–H and O–H groups in total. The van der Waals surface area contributed by atoms with Gasteiger partial charge in [0.2, 0.25) is 5.91 Å². The van der Waals surface area contributed by atoms with Crippen LogP contribution in [0, 0.1) is 11.3 Å². The Labute approximate surface area is 173 Å². The van der Waals surface area contributed by atoms with E-state index in [0.29, 0.717) is 0 Å². The lowest BCUT2D eigenvalue weighted by molar-refractivity contribution is -0.172. The van der Waals surface area contributed by atoms with E-state index in [1.807, 2.05) is 6.07 Å². The van der Waals surface area contributed by atoms with E-state index in [1.165, 1.54) is 0 Å². The van der Waals surface area contributed by atoms with Crippen LogP contribution < -0.4 is 5.32 Å². The fraction of sp³-hybridized carbons (Fsp3) is 0.429. The molecule has 1 saturated heterocycles. The largest absolute Gasteiger partial charge is 0.476 e. The number of carboxylic acid groups (broad SMARTS) is 1. The smallest absolute Gasteiger partial charge is 0.356 e. The third-order valence-electron chi connectivity index (χ3n) is 4.81. The van der Waals surface area contributed by atoms with E-state index in [0.717, 1.165) is 10.5 Å². The molecule has 2 heterocycles. The summed E-state index contributed by atoms with van der Waals surface area (Å²) in [5.74, 6) is -3.23. The zero-order chi connectivity index (χ0) is 22.1. The molecule has 0 unspecified atom stereocenters. The average Bonchev–Trinajstić information content (AvgIpc) is 3.04. The first-order chi connectivity index (χ1) is 14.1. The Balaban J connectivity index is 1.48. The molecule has 1 aromatic carbocycles. The van der Waals surface area contributed by atoms with Gasteiger partial charge in [0.25, 0.3) is 5.91 Å². The number of ether oxygens (including phenoxy) is 2. The lowest BCUT2D eigenvalue weighted by Gasteiger charge is -2.41. The molecule has 0 aromatic heterocycles. The Bertz CT molecular complexity index is 902. The number of carboxylic acids is 1. The number of aliphatic carboxylic acids is 1. The molecule has 30 heavy (non-hydrogen) atoms. The minimum atomic E-state index is -1.23. The molecule has 9 nitrogen and oxygen atoms in total. The van der Waals surface area contributed by atoms with Gasteiger partial charge in [0, 0.05) is 12.0 Å². The number of benzene rings is 1. The molecule has 0 saturated carbocycles. The zero-order valence-electron chi connectivity index (χ0n) is 17.0. The average molecular weight is 416 g/mol. The maximum atomic E-state index is 12.4. The number of fused-ring (bicyclic) bond motifs is 1. The highest BCUT2D eigenvalue weighted by Crippen LogP contribution is 2.45. The predicted molar refractivity (Wildman–Crippen MR) is 103 cm³/mol. The maximum absolute atomic E-state index is 12.4. The summed E-state index contributed by atoms with van der Waals surface area (Å²) in [6.07, 6.45) is -0.710. The van der Waals surface area contributed by atoms with Crippen molar-refractivity contribution in [1.82, 2.24) is 10.2 Å². The van der Waals surface area contributed by atoms with Crippen molar-refractivity contribution in [1.29, 1.82) is 0 Å². The third kappa shape index (κ3) is 4.29. The quantitative estimate of drug-likeness (QED) is 0.503. The summed E-state index contributed by atoms with van der Waals surface area (Å²) in [5.41, 5.74) is 0.0271. The number of allylic oxidation sites excluding steroid dienone is 1. The zero-order valence-corrected chi connectivity index (χ0v) is 17.0. The van der Waals surface area contributed by atoms with Crippen LogP contribution in [0.25, 0.3) is 0 Å². The van der Waals surface area contributed by atoms with E-state index in [-0.39, 0.29) is 24.4 Å². The number of β-lactam (4-membered cyclic amide) rings is 1. The highest BCUT2D eigenvalue weighted by molar-refractivity contribution is 5.99. The molecule has 0 bridgehead atoms. The first-order valence-electron chi connectivity index (χ1n) is 9.53. The summed E-state index contributed by atoms with van der Waals surface area (Å²) in [6, 6.07) is 8.99. The Morgan fingerprint density at radius 1 is 1.20 bits per heavy atom. The van der Waals surface area contributed by atoms with Gasteiger partial charge in [-0.05, 0) is 5.56 Å². The first kappa shape index (κ1) is 21.4. The Morgan fingerprint density at radius 2 is 1.87 bits per heavy atom. The maximum Gasteiger partial charge on any atom is 0.356 e. The molecule has 2 amide bonds. The molecular weight excluding hydrogens is 392 g/mol. The van der Waals surface area contributed by atoms with E-state index in [2.05, 4.69) is 5.32 Å². The molecule has 0 radical (unpaired) electrons. The number of rotatable bonds is 7. The fourth-order valence-electron chi connectivity index (χ4n) is 3.34. The van der Waals surface area contributed by atoms with Crippen molar-refractivity contribution >= 4 is 23.8 Å². The van der Waals surface area contributed by atoms with E-state index in [4.69, 9.17) is 9.47 Å². The molecule has 2 aliphatic rings. The molecule has 2 atom stereocenters. The normalized spacial score (nSPS) is 20.2. The van der Waals surface area contributed by atoms with Crippen LogP contribution in [0.15, 0.2) is 41.8 Å². The number of esters is 1. The van der Waals surface area contributed by atoms with Gasteiger partial charge in [0.15, 0.2) is 18.5 Å². The van der Waals surface area contributed by atoms with Gasteiger partial charge < -0.3 is 19.9 Å². The first-order valence-corrected chi connectivity index (χ1v) is 9.53. The van der Waals surface area contributed by atoms with Crippen LogP contribution in [0.1, 0.15) is 26.3 Å². The summed E-state index contributed by atoms with van der Waals surface area (Å²) in [4.78, 5) is 48.9. The lowest BCUT2D eigenvalue weighted by atomic mass is 9.91. The number of hydrogen-bond donors (Lipinski definition) is 2. The molecule has 160 valence electrons. The minimum absolute atomic E-state index is 0.0423. The van der Waals surface area contributed by atoms with Crippen molar-refractivity contribution in [3.05, 3.63) is 47.4 Å². The van der Waals surface area contributed by atoms with Crippen molar-refractivity contribution in [3.63, 3.8) is 0 Å². The molecule has 1 fully saturated rings. The molecular formula is C21H24N2O7. The van der Waals surface area contributed by atoms with E-state index in [9.17, 15) is 24.3 Å². The summed E-state index contributed by atoms with van der Waals surface area (Å²) < 4.78 is 10.7. The molecule has 0 aliphatic carbocycles. The predicted octanol–water partition coefficient (Wildman–Crippen LogP) is 1.05. The highest BCUT2D eigenvalue weighted by atomic mass is 16.5. The van der Waals surface area contributed by atoms with E-state index >= 15 is 0 Å². The van der Waals surface area contributed by atoms with Crippen molar-refractivity contribution < 1.29 is 33.8 Å². The second-order valence-corrected chi connectivity index (χ2v) is 8.18. The van der Waals surface area contributed by atoms with Gasteiger partial charge in [0.1, 0.15) is 11.7 Å². The Kier molecular flexibility index (Phi) is 5.82. The monoisotopic (exact) mass is 416 g/mol. The van der Waals surface area contributed by atoms with Crippen molar-refractivity contribution in [2.24, 2.45) is 11.3 Å². The topological polar surface area (TPSA) is 122 Å². The third-order valence-corrected chi connectivity index (χ3v) is 4.81. The van der Waals surface area contributed by atoms with Crippen LogP contribution in [0.2, 0.25) is 0 Å². The van der Waals surface area contributed by atoms with Crippen molar-refractivity contribution in [3.8, 4) is 0 Å². The summed E-state index contributed by atoms with van der Waals surface area (Å²) in [6.45, 7) is 4.87. The van der Waals surface area contributed by atoms with Gasteiger partial charge in [-0.2, -0.15) is 0 Å². The Morgan fingerprint density at radius 3 is 2.47 bits per heavy atom. The van der Waals surface area contributed by atoms with Gasteiger partial charge in [-0.15, -0.1) is 0 Å². The van der Waals surface area contributed by atoms with Crippen LogP contribution in [0.3, 0.4) is 0 Å². The van der Waals surface area contributed by atoms with Gasteiger partial charge in [-0.3, -0.25) is 19.3 Å². The number of nitrogens with zero attached hydrogens (tertiary/aromatic N) is 1. The van der Waals surface area contributed by atoms with E-state index in [1.54, 1.807) is 45.0 Å². The second kappa shape index (κ2) is 8.17. The SMILES string of the molecule is CC(C)(C)C1=C(C(=O)O)N2C(=O)[C@H](CNC(=O)COC(=O)Cc3ccccc3)[C@H]2O1. The molecule has 1 aromatic rings.